The van der Waals surface area contributed by atoms with Crippen LogP contribution in [0.4, 0.5) is 5.69 Å². The van der Waals surface area contributed by atoms with Crippen LogP contribution in [0.25, 0.3) is 0 Å². The van der Waals surface area contributed by atoms with Crippen molar-refractivity contribution in [3.8, 4) is 0 Å². The van der Waals surface area contributed by atoms with Crippen LogP contribution in [0.5, 0.6) is 0 Å². The number of aromatic nitrogens is 1. The molecule has 3 aromatic rings. The molecule has 7 nitrogen and oxygen atoms in total. The molecule has 0 aliphatic carbocycles. The summed E-state index contributed by atoms with van der Waals surface area (Å²) in [7, 11) is -3.82. The van der Waals surface area contributed by atoms with E-state index in [1.54, 1.807) is 42.5 Å². The van der Waals surface area contributed by atoms with Crippen LogP contribution in [-0.2, 0) is 16.6 Å². The number of nitrogens with zero attached hydrogens (tertiary/aromatic N) is 2. The number of halogens is 1. The summed E-state index contributed by atoms with van der Waals surface area (Å²) in [4.78, 5) is 30.0. The first-order valence-electron chi connectivity index (χ1n) is 8.95. The molecule has 1 N–H and O–H groups in total. The first-order valence-corrected chi connectivity index (χ1v) is 10.8. The van der Waals surface area contributed by atoms with Crippen LogP contribution in [0.3, 0.4) is 0 Å². The number of hydrogen-bond acceptors (Lipinski definition) is 5. The van der Waals surface area contributed by atoms with E-state index in [0.717, 1.165) is 10.5 Å². The Kier molecular flexibility index (Phi) is 5.05. The third kappa shape index (κ3) is 3.67. The number of pyridine rings is 1. The van der Waals surface area contributed by atoms with Gasteiger partial charge in [-0.25, -0.2) is 8.42 Å². The highest BCUT2D eigenvalue weighted by Gasteiger charge is 2.36. The van der Waals surface area contributed by atoms with Crippen LogP contribution in [-0.4, -0.2) is 30.1 Å². The molecule has 0 atom stereocenters. The minimum absolute atomic E-state index is 0.0232. The fourth-order valence-electron chi connectivity index (χ4n) is 3.08. The molecular weight excluding hydrogens is 426 g/mol. The predicted octanol–water partition coefficient (Wildman–Crippen LogP) is 3.64. The fraction of sp³-hybridized carbons (Fsp3) is 0.0952. The second-order valence-corrected chi connectivity index (χ2v) is 8.90. The van der Waals surface area contributed by atoms with Gasteiger partial charge in [0.25, 0.3) is 21.8 Å². The van der Waals surface area contributed by atoms with Crippen molar-refractivity contribution in [1.29, 1.82) is 0 Å². The Morgan fingerprint density at radius 2 is 1.77 bits per heavy atom. The number of nitrogens with one attached hydrogen (secondary N) is 1. The van der Waals surface area contributed by atoms with Crippen molar-refractivity contribution < 1.29 is 18.0 Å². The number of benzene rings is 2. The first-order chi connectivity index (χ1) is 14.3. The van der Waals surface area contributed by atoms with Crippen molar-refractivity contribution in [3.05, 3.63) is 88.2 Å². The van der Waals surface area contributed by atoms with Crippen LogP contribution >= 0.6 is 11.6 Å². The second kappa shape index (κ2) is 7.55. The highest BCUT2D eigenvalue weighted by atomic mass is 35.5. The van der Waals surface area contributed by atoms with Crippen molar-refractivity contribution in [3.63, 3.8) is 0 Å². The van der Waals surface area contributed by atoms with E-state index in [0.29, 0.717) is 16.3 Å². The van der Waals surface area contributed by atoms with E-state index in [-0.39, 0.29) is 22.7 Å². The molecule has 1 aromatic heterocycles. The van der Waals surface area contributed by atoms with Crippen LogP contribution in [0, 0.1) is 6.92 Å². The number of carbonyl (C=O) groups is 2. The molecule has 1 aliphatic heterocycles. The normalized spacial score (nSPS) is 13.5. The third-order valence-corrected chi connectivity index (χ3v) is 6.53. The summed E-state index contributed by atoms with van der Waals surface area (Å²) in [5.41, 5.74) is 2.20. The smallest absolute Gasteiger partial charge is 0.280 e. The Labute approximate surface area is 178 Å². The van der Waals surface area contributed by atoms with Crippen molar-refractivity contribution in [1.82, 2.24) is 9.88 Å². The Bertz CT molecular complexity index is 1240. The monoisotopic (exact) mass is 441 g/mol. The number of anilines is 1. The van der Waals surface area contributed by atoms with Crippen LogP contribution in [0.2, 0.25) is 5.02 Å². The molecule has 2 aromatic carbocycles. The number of hydrogen-bond donors (Lipinski definition) is 1. The number of rotatable bonds is 5. The van der Waals surface area contributed by atoms with E-state index in [1.807, 2.05) is 6.92 Å². The zero-order valence-corrected chi connectivity index (χ0v) is 17.4. The number of imide groups is 1. The molecule has 9 heteroatoms. The lowest BCUT2D eigenvalue weighted by molar-refractivity contribution is 0.0640. The van der Waals surface area contributed by atoms with Gasteiger partial charge in [0, 0.05) is 11.2 Å². The van der Waals surface area contributed by atoms with Crippen LogP contribution in [0.1, 0.15) is 32.0 Å². The Hall–Kier alpha value is -3.23. The van der Waals surface area contributed by atoms with Gasteiger partial charge in [-0.1, -0.05) is 29.8 Å². The molecule has 0 saturated heterocycles. The molecule has 2 heterocycles. The molecule has 152 valence electrons. The Morgan fingerprint density at radius 1 is 1.03 bits per heavy atom. The largest absolute Gasteiger partial charge is 0.280 e. The summed E-state index contributed by atoms with van der Waals surface area (Å²) in [5.74, 6) is -0.886. The van der Waals surface area contributed by atoms with Gasteiger partial charge >= 0.3 is 0 Å². The summed E-state index contributed by atoms with van der Waals surface area (Å²) in [6.45, 7) is 1.85. The summed E-state index contributed by atoms with van der Waals surface area (Å²) in [6.07, 6.45) is 1.46. The molecule has 2 amide bonds. The van der Waals surface area contributed by atoms with Gasteiger partial charge in [0.1, 0.15) is 5.69 Å². The van der Waals surface area contributed by atoms with Crippen LogP contribution in [0.15, 0.2) is 65.7 Å². The molecule has 0 spiro atoms. The Balaban J connectivity index is 1.51. The molecule has 1 aliphatic rings. The summed E-state index contributed by atoms with van der Waals surface area (Å²) < 4.78 is 27.7. The maximum absolute atomic E-state index is 12.6. The molecule has 4 rings (SSSR count). The number of fused-ring (bicyclic) bond motifs is 1. The van der Waals surface area contributed by atoms with Gasteiger partial charge in [0.15, 0.2) is 0 Å². The minimum Gasteiger partial charge on any atom is -0.280 e. The maximum atomic E-state index is 12.6. The van der Waals surface area contributed by atoms with Crippen LogP contribution < -0.4 is 4.72 Å². The van der Waals surface area contributed by atoms with Gasteiger partial charge in [-0.3, -0.25) is 24.2 Å². The maximum Gasteiger partial charge on any atom is 0.280 e. The summed E-state index contributed by atoms with van der Waals surface area (Å²) in [6, 6.07) is 14.0. The van der Waals surface area contributed by atoms with Crippen molar-refractivity contribution in [2.75, 3.05) is 4.72 Å². The van der Waals surface area contributed by atoms with Gasteiger partial charge in [-0.05, 0) is 54.4 Å². The third-order valence-electron chi connectivity index (χ3n) is 4.73. The minimum atomic E-state index is -3.82. The summed E-state index contributed by atoms with van der Waals surface area (Å²) >= 11 is 6.05. The zero-order chi connectivity index (χ0) is 21.5. The topological polar surface area (TPSA) is 96.4 Å². The lowest BCUT2D eigenvalue weighted by atomic mass is 10.2. The molecule has 0 radical (unpaired) electrons. The zero-order valence-electron chi connectivity index (χ0n) is 15.8. The van der Waals surface area contributed by atoms with Crippen molar-refractivity contribution in [2.24, 2.45) is 0 Å². The molecule has 0 unspecified atom stereocenters. The van der Waals surface area contributed by atoms with Gasteiger partial charge in [-0.15, -0.1) is 0 Å². The van der Waals surface area contributed by atoms with E-state index in [9.17, 15) is 18.0 Å². The SMILES string of the molecule is Cc1ccc(NS(=O)(=O)c2ccc(CN3C(=O)c4cccnc4C3=O)cc2)cc1Cl. The first kappa shape index (κ1) is 20.1. The average molecular weight is 442 g/mol. The number of amides is 2. The fourth-order valence-corrected chi connectivity index (χ4v) is 4.31. The van der Waals surface area contributed by atoms with Gasteiger partial charge in [0.05, 0.1) is 22.7 Å². The average Bonchev–Trinajstić information content (AvgIpc) is 2.96. The Morgan fingerprint density at radius 3 is 2.43 bits per heavy atom. The lowest BCUT2D eigenvalue weighted by Crippen LogP contribution is -2.29. The second-order valence-electron chi connectivity index (χ2n) is 6.81. The van der Waals surface area contributed by atoms with Crippen molar-refractivity contribution >= 4 is 39.1 Å². The predicted molar refractivity (Wildman–Crippen MR) is 112 cm³/mol. The van der Waals surface area contributed by atoms with E-state index in [2.05, 4.69) is 9.71 Å². The van der Waals surface area contributed by atoms with E-state index in [1.165, 1.54) is 18.3 Å². The molecule has 0 saturated carbocycles. The van der Waals surface area contributed by atoms with Gasteiger partial charge < -0.3 is 0 Å². The van der Waals surface area contributed by atoms with Gasteiger partial charge in [0.2, 0.25) is 0 Å². The quantitative estimate of drug-likeness (QED) is 0.610. The molecule has 30 heavy (non-hydrogen) atoms. The molecular formula is C21H16ClN3O4S. The van der Waals surface area contributed by atoms with Gasteiger partial charge in [-0.2, -0.15) is 0 Å². The molecule has 0 fully saturated rings. The summed E-state index contributed by atoms with van der Waals surface area (Å²) in [5, 5.41) is 0.459. The number of carbonyl (C=O) groups excluding carboxylic acids is 2. The lowest BCUT2D eigenvalue weighted by Gasteiger charge is -2.14. The van der Waals surface area contributed by atoms with E-state index in [4.69, 9.17) is 11.6 Å². The number of sulfonamides is 1. The van der Waals surface area contributed by atoms with E-state index < -0.39 is 21.8 Å². The molecule has 0 bridgehead atoms. The highest BCUT2D eigenvalue weighted by molar-refractivity contribution is 7.92. The van der Waals surface area contributed by atoms with E-state index >= 15 is 0 Å². The highest BCUT2D eigenvalue weighted by Crippen LogP contribution is 2.25. The standard InChI is InChI=1S/C21H16ClN3O4S/c1-13-4-7-15(11-18(13)22)24-30(28,29)16-8-5-14(6-9-16)12-25-20(26)17-3-2-10-23-19(17)21(25)27/h2-11,24H,12H2,1H3. The van der Waals surface area contributed by atoms with Crippen molar-refractivity contribution in [2.45, 2.75) is 18.4 Å². The number of aryl methyl sites for hydroxylation is 1.